The highest BCUT2D eigenvalue weighted by molar-refractivity contribution is 7.89. The number of aromatic nitrogens is 1. The van der Waals surface area contributed by atoms with E-state index in [1.165, 1.54) is 4.31 Å². The average Bonchev–Trinajstić information content (AvgIpc) is 3.09. The van der Waals surface area contributed by atoms with Crippen LogP contribution in [0.4, 0.5) is 0 Å². The molecular formula is C24H27N3O3S. The number of hydrogen-bond acceptors (Lipinski definition) is 4. The number of nitrogens with zero attached hydrogens (tertiary/aromatic N) is 3. The van der Waals surface area contributed by atoms with E-state index in [0.717, 1.165) is 22.6 Å². The van der Waals surface area contributed by atoms with Crippen LogP contribution in [-0.2, 0) is 10.0 Å². The molecule has 0 saturated carbocycles. The number of carbonyl (C=O) groups excluding carboxylic acids is 1. The van der Waals surface area contributed by atoms with Crippen LogP contribution in [0, 0.1) is 13.8 Å². The molecule has 1 aliphatic heterocycles. The SMILES string of the molecule is Cc1cc(C(=O)CN2CCN(S(=O)(=O)c3ccccc3)CC2)c(C)n1-c1ccccc1. The summed E-state index contributed by atoms with van der Waals surface area (Å²) in [6, 6.07) is 20.4. The minimum atomic E-state index is -3.49. The van der Waals surface area contributed by atoms with Crippen LogP contribution >= 0.6 is 0 Å². The van der Waals surface area contributed by atoms with Gasteiger partial charge < -0.3 is 4.57 Å². The number of benzene rings is 2. The second-order valence-electron chi connectivity index (χ2n) is 7.87. The van der Waals surface area contributed by atoms with Gasteiger partial charge in [-0.1, -0.05) is 36.4 Å². The predicted molar refractivity (Wildman–Crippen MR) is 121 cm³/mol. The number of carbonyl (C=O) groups is 1. The van der Waals surface area contributed by atoms with Gasteiger partial charge in [0.1, 0.15) is 0 Å². The lowest BCUT2D eigenvalue weighted by Crippen LogP contribution is -2.49. The van der Waals surface area contributed by atoms with Gasteiger partial charge in [0, 0.05) is 48.8 Å². The van der Waals surface area contributed by atoms with E-state index in [-0.39, 0.29) is 12.3 Å². The predicted octanol–water partition coefficient (Wildman–Crippen LogP) is 3.28. The number of ketones is 1. The van der Waals surface area contributed by atoms with E-state index in [4.69, 9.17) is 0 Å². The molecule has 162 valence electrons. The monoisotopic (exact) mass is 437 g/mol. The second-order valence-corrected chi connectivity index (χ2v) is 9.81. The van der Waals surface area contributed by atoms with Gasteiger partial charge in [0.05, 0.1) is 11.4 Å². The van der Waals surface area contributed by atoms with Gasteiger partial charge in [-0.25, -0.2) is 8.42 Å². The number of para-hydroxylation sites is 1. The van der Waals surface area contributed by atoms with Crippen molar-refractivity contribution in [2.45, 2.75) is 18.7 Å². The fourth-order valence-corrected chi connectivity index (χ4v) is 5.62. The fraction of sp³-hybridized carbons (Fsp3) is 0.292. The topological polar surface area (TPSA) is 62.6 Å². The van der Waals surface area contributed by atoms with Crippen LogP contribution in [0.1, 0.15) is 21.7 Å². The molecule has 0 unspecified atom stereocenters. The zero-order valence-electron chi connectivity index (χ0n) is 17.9. The molecule has 1 fully saturated rings. The van der Waals surface area contributed by atoms with E-state index >= 15 is 0 Å². The Hall–Kier alpha value is -2.74. The molecule has 0 radical (unpaired) electrons. The van der Waals surface area contributed by atoms with Crippen molar-refractivity contribution in [3.05, 3.63) is 83.7 Å². The van der Waals surface area contributed by atoms with Crippen molar-refractivity contribution in [3.63, 3.8) is 0 Å². The van der Waals surface area contributed by atoms with Crippen LogP contribution in [0.3, 0.4) is 0 Å². The summed E-state index contributed by atoms with van der Waals surface area (Å²) in [6.45, 7) is 6.10. The van der Waals surface area contributed by atoms with Crippen LogP contribution in [0.2, 0.25) is 0 Å². The summed E-state index contributed by atoms with van der Waals surface area (Å²) in [5, 5.41) is 0. The first-order valence-electron chi connectivity index (χ1n) is 10.4. The molecule has 31 heavy (non-hydrogen) atoms. The number of rotatable bonds is 6. The van der Waals surface area contributed by atoms with Gasteiger partial charge >= 0.3 is 0 Å². The molecular weight excluding hydrogens is 410 g/mol. The Labute approximate surface area is 183 Å². The molecule has 0 N–H and O–H groups in total. The zero-order chi connectivity index (χ0) is 22.0. The quantitative estimate of drug-likeness (QED) is 0.555. The van der Waals surface area contributed by atoms with Crippen LogP contribution < -0.4 is 0 Å². The van der Waals surface area contributed by atoms with E-state index in [1.807, 2.05) is 55.1 Å². The molecule has 6 nitrogen and oxygen atoms in total. The third-order valence-electron chi connectivity index (χ3n) is 5.83. The first kappa shape index (κ1) is 21.5. The van der Waals surface area contributed by atoms with Gasteiger partial charge in [0.15, 0.2) is 5.78 Å². The van der Waals surface area contributed by atoms with Crippen LogP contribution in [0.5, 0.6) is 0 Å². The van der Waals surface area contributed by atoms with Gasteiger partial charge in [-0.15, -0.1) is 0 Å². The van der Waals surface area contributed by atoms with E-state index in [0.29, 0.717) is 31.1 Å². The molecule has 3 aromatic rings. The van der Waals surface area contributed by atoms with Crippen molar-refractivity contribution >= 4 is 15.8 Å². The molecule has 0 spiro atoms. The van der Waals surface area contributed by atoms with E-state index in [9.17, 15) is 13.2 Å². The zero-order valence-corrected chi connectivity index (χ0v) is 18.7. The van der Waals surface area contributed by atoms with Crippen molar-refractivity contribution in [3.8, 4) is 5.69 Å². The summed E-state index contributed by atoms with van der Waals surface area (Å²) in [7, 11) is -3.49. The molecule has 4 rings (SSSR count). The van der Waals surface area contributed by atoms with Crippen molar-refractivity contribution in [2.75, 3.05) is 32.7 Å². The Kier molecular flexibility index (Phi) is 6.09. The molecule has 0 aliphatic carbocycles. The molecule has 0 amide bonds. The number of Topliss-reactive ketones (excluding diaryl/α,β-unsaturated/α-hetero) is 1. The minimum absolute atomic E-state index is 0.0645. The maximum atomic E-state index is 13.0. The van der Waals surface area contributed by atoms with Gasteiger partial charge in [-0.05, 0) is 44.2 Å². The van der Waals surface area contributed by atoms with Crippen LogP contribution in [0.25, 0.3) is 5.69 Å². The molecule has 0 bridgehead atoms. The number of hydrogen-bond donors (Lipinski definition) is 0. The highest BCUT2D eigenvalue weighted by atomic mass is 32.2. The van der Waals surface area contributed by atoms with Crippen LogP contribution in [-0.4, -0.2) is 60.7 Å². The lowest BCUT2D eigenvalue weighted by molar-refractivity contribution is 0.0901. The van der Waals surface area contributed by atoms with Crippen molar-refractivity contribution in [2.24, 2.45) is 0 Å². The number of piperazine rings is 1. The first-order valence-corrected chi connectivity index (χ1v) is 11.9. The maximum absolute atomic E-state index is 13.0. The summed E-state index contributed by atoms with van der Waals surface area (Å²) >= 11 is 0. The third-order valence-corrected chi connectivity index (χ3v) is 7.74. The fourth-order valence-electron chi connectivity index (χ4n) is 4.18. The molecule has 1 aliphatic rings. The van der Waals surface area contributed by atoms with Gasteiger partial charge in [-0.2, -0.15) is 4.31 Å². The standard InChI is InChI=1S/C24H27N3O3S/c1-19-17-23(20(2)27(19)21-9-5-3-6-10-21)24(28)18-25-13-15-26(16-14-25)31(29,30)22-11-7-4-8-12-22/h3-12,17H,13-16,18H2,1-2H3. The molecule has 7 heteroatoms. The minimum Gasteiger partial charge on any atom is -0.318 e. The van der Waals surface area contributed by atoms with Crippen molar-refractivity contribution in [1.82, 2.24) is 13.8 Å². The van der Waals surface area contributed by atoms with Gasteiger partial charge in [0.2, 0.25) is 10.0 Å². The highest BCUT2D eigenvalue weighted by Gasteiger charge is 2.29. The summed E-state index contributed by atoms with van der Waals surface area (Å²) in [5.41, 5.74) is 3.71. The normalized spacial score (nSPS) is 15.8. The second kappa shape index (κ2) is 8.78. The Morgan fingerprint density at radius 3 is 2.06 bits per heavy atom. The van der Waals surface area contributed by atoms with Crippen LogP contribution in [0.15, 0.2) is 71.6 Å². The van der Waals surface area contributed by atoms with Crippen molar-refractivity contribution in [1.29, 1.82) is 0 Å². The summed E-state index contributed by atoms with van der Waals surface area (Å²) in [6.07, 6.45) is 0. The maximum Gasteiger partial charge on any atom is 0.243 e. The summed E-state index contributed by atoms with van der Waals surface area (Å²) < 4.78 is 29.2. The molecule has 2 aromatic carbocycles. The molecule has 1 saturated heterocycles. The lowest BCUT2D eigenvalue weighted by Gasteiger charge is -2.33. The summed E-state index contributed by atoms with van der Waals surface area (Å²) in [4.78, 5) is 15.4. The Balaban J connectivity index is 1.42. The lowest BCUT2D eigenvalue weighted by atomic mass is 10.1. The molecule has 2 heterocycles. The smallest absolute Gasteiger partial charge is 0.243 e. The Morgan fingerprint density at radius 1 is 0.871 bits per heavy atom. The first-order chi connectivity index (χ1) is 14.9. The molecule has 0 atom stereocenters. The Morgan fingerprint density at radius 2 is 1.45 bits per heavy atom. The molecule has 1 aromatic heterocycles. The third kappa shape index (κ3) is 4.35. The summed E-state index contributed by atoms with van der Waals surface area (Å²) in [5.74, 6) is 0.0645. The van der Waals surface area contributed by atoms with E-state index < -0.39 is 10.0 Å². The number of sulfonamides is 1. The largest absolute Gasteiger partial charge is 0.318 e. The Bertz CT molecular complexity index is 1160. The van der Waals surface area contributed by atoms with E-state index in [1.54, 1.807) is 30.3 Å². The van der Waals surface area contributed by atoms with E-state index in [2.05, 4.69) is 4.57 Å². The van der Waals surface area contributed by atoms with Gasteiger partial charge in [0.25, 0.3) is 0 Å². The number of aryl methyl sites for hydroxylation is 1. The van der Waals surface area contributed by atoms with Crippen molar-refractivity contribution < 1.29 is 13.2 Å². The highest BCUT2D eigenvalue weighted by Crippen LogP contribution is 2.22. The van der Waals surface area contributed by atoms with Gasteiger partial charge in [-0.3, -0.25) is 9.69 Å². The average molecular weight is 438 g/mol.